The fourth-order valence-corrected chi connectivity index (χ4v) is 3.09. The van der Waals surface area contributed by atoms with Crippen molar-refractivity contribution in [2.24, 2.45) is 0 Å². The predicted octanol–water partition coefficient (Wildman–Crippen LogP) is 3.22. The molecule has 1 fully saturated rings. The first-order valence-corrected chi connectivity index (χ1v) is 8.42. The van der Waals surface area contributed by atoms with Crippen LogP contribution in [-0.2, 0) is 14.3 Å². The fourth-order valence-electron chi connectivity index (χ4n) is 1.88. The molecule has 0 spiro atoms. The first-order chi connectivity index (χ1) is 11.5. The highest BCUT2D eigenvalue weighted by Gasteiger charge is 2.36. The molecular weight excluding hydrogens is 398 g/mol. The Morgan fingerprint density at radius 3 is 2.83 bits per heavy atom. The van der Waals surface area contributed by atoms with Crippen LogP contribution in [0.3, 0.4) is 0 Å². The largest absolute Gasteiger partial charge is 0.489 e. The molecule has 1 aliphatic heterocycles. The molecule has 0 saturated carbocycles. The third kappa shape index (κ3) is 4.27. The monoisotopic (exact) mass is 411 g/mol. The highest BCUT2D eigenvalue weighted by atomic mass is 79.9. The topological polar surface area (TPSA) is 72.9 Å². The zero-order valence-corrected chi connectivity index (χ0v) is 15.2. The summed E-state index contributed by atoms with van der Waals surface area (Å²) < 4.78 is 10.8. The number of thioether (sulfide) groups is 1. The number of benzene rings is 1. The van der Waals surface area contributed by atoms with Crippen LogP contribution in [0, 0.1) is 0 Å². The smallest absolute Gasteiger partial charge is 0.325 e. The van der Waals surface area contributed by atoms with E-state index in [1.165, 1.54) is 7.11 Å². The molecule has 6 nitrogen and oxygen atoms in total. The zero-order chi connectivity index (χ0) is 17.7. The van der Waals surface area contributed by atoms with E-state index in [1.54, 1.807) is 30.4 Å². The molecule has 0 N–H and O–H groups in total. The minimum atomic E-state index is -0.656. The molecule has 0 radical (unpaired) electrons. The Hall–Kier alpha value is -2.06. The van der Waals surface area contributed by atoms with E-state index >= 15 is 0 Å². The Bertz CT molecular complexity index is 731. The van der Waals surface area contributed by atoms with Gasteiger partial charge in [-0.3, -0.25) is 19.3 Å². The van der Waals surface area contributed by atoms with Crippen LogP contribution >= 0.6 is 27.7 Å². The van der Waals surface area contributed by atoms with Crippen molar-refractivity contribution in [3.05, 3.63) is 45.8 Å². The summed E-state index contributed by atoms with van der Waals surface area (Å²) in [6.07, 6.45) is 3.17. The van der Waals surface area contributed by atoms with Crippen LogP contribution in [0.15, 0.2) is 40.2 Å². The van der Waals surface area contributed by atoms with Gasteiger partial charge in [0.15, 0.2) is 0 Å². The van der Waals surface area contributed by atoms with Gasteiger partial charge in [0.1, 0.15) is 18.9 Å². The molecule has 0 bridgehead atoms. The van der Waals surface area contributed by atoms with E-state index in [0.29, 0.717) is 17.9 Å². The zero-order valence-electron chi connectivity index (χ0n) is 12.8. The Labute approximate surface area is 151 Å². The Kier molecular flexibility index (Phi) is 6.22. The average Bonchev–Trinajstić information content (AvgIpc) is 2.81. The van der Waals surface area contributed by atoms with Gasteiger partial charge in [-0.2, -0.15) is 0 Å². The highest BCUT2D eigenvalue weighted by Crippen LogP contribution is 2.34. The molecule has 126 valence electrons. The van der Waals surface area contributed by atoms with Gasteiger partial charge in [-0.1, -0.05) is 28.6 Å². The average molecular weight is 412 g/mol. The summed E-state index contributed by atoms with van der Waals surface area (Å²) >= 11 is 4.13. The number of methoxy groups -OCH3 is 1. The van der Waals surface area contributed by atoms with Gasteiger partial charge in [-0.25, -0.2) is 0 Å². The van der Waals surface area contributed by atoms with Crippen molar-refractivity contribution in [3.8, 4) is 5.75 Å². The quantitative estimate of drug-likeness (QED) is 0.406. The van der Waals surface area contributed by atoms with E-state index in [4.69, 9.17) is 4.74 Å². The molecule has 0 aromatic heterocycles. The summed E-state index contributed by atoms with van der Waals surface area (Å²) in [6.45, 7) is 3.50. The van der Waals surface area contributed by atoms with Gasteiger partial charge in [-0.05, 0) is 36.0 Å². The second-order valence-electron chi connectivity index (χ2n) is 4.63. The number of hydrogen-bond acceptors (Lipinski definition) is 6. The van der Waals surface area contributed by atoms with Gasteiger partial charge in [0, 0.05) is 10.0 Å². The normalized spacial score (nSPS) is 15.8. The first kappa shape index (κ1) is 18.3. The number of amides is 2. The molecule has 1 aromatic carbocycles. The molecule has 8 heteroatoms. The van der Waals surface area contributed by atoms with Crippen LogP contribution in [0.1, 0.15) is 5.56 Å². The Morgan fingerprint density at radius 2 is 2.17 bits per heavy atom. The van der Waals surface area contributed by atoms with Crippen molar-refractivity contribution in [1.29, 1.82) is 0 Å². The lowest BCUT2D eigenvalue weighted by Crippen LogP contribution is -2.34. The number of imide groups is 1. The number of esters is 1. The third-order valence-corrected chi connectivity index (χ3v) is 4.40. The Balaban J connectivity index is 2.30. The van der Waals surface area contributed by atoms with E-state index in [-0.39, 0.29) is 4.91 Å². The van der Waals surface area contributed by atoms with Crippen molar-refractivity contribution >= 4 is 50.9 Å². The molecular formula is C16H14BrNO5S. The highest BCUT2D eigenvalue weighted by molar-refractivity contribution is 9.10. The van der Waals surface area contributed by atoms with Crippen molar-refractivity contribution < 1.29 is 23.9 Å². The van der Waals surface area contributed by atoms with Crippen LogP contribution in [0.5, 0.6) is 5.75 Å². The number of rotatable bonds is 6. The van der Waals surface area contributed by atoms with Gasteiger partial charge in [-0.15, -0.1) is 0 Å². The maximum atomic E-state index is 12.3. The molecule has 1 aromatic rings. The van der Waals surface area contributed by atoms with Gasteiger partial charge in [0.05, 0.1) is 12.0 Å². The molecule has 2 rings (SSSR count). The van der Waals surface area contributed by atoms with Crippen LogP contribution in [0.4, 0.5) is 4.79 Å². The maximum Gasteiger partial charge on any atom is 0.325 e. The van der Waals surface area contributed by atoms with Gasteiger partial charge >= 0.3 is 5.97 Å². The summed E-state index contributed by atoms with van der Waals surface area (Å²) in [6, 6.07) is 5.32. The van der Waals surface area contributed by atoms with Crippen molar-refractivity contribution in [1.82, 2.24) is 4.90 Å². The first-order valence-electron chi connectivity index (χ1n) is 6.81. The number of ether oxygens (including phenoxy) is 2. The minimum absolute atomic E-state index is 0.213. The van der Waals surface area contributed by atoms with E-state index in [0.717, 1.165) is 21.1 Å². The number of nitrogens with zero attached hydrogens (tertiary/aromatic N) is 1. The number of carbonyl (C=O) groups excluding carboxylic acids is 3. The van der Waals surface area contributed by atoms with Crippen molar-refractivity contribution in [2.45, 2.75) is 0 Å². The minimum Gasteiger partial charge on any atom is -0.489 e. The molecule has 2 amide bonds. The van der Waals surface area contributed by atoms with Gasteiger partial charge in [0.25, 0.3) is 11.1 Å². The summed E-state index contributed by atoms with van der Waals surface area (Å²) in [5.41, 5.74) is 0.634. The van der Waals surface area contributed by atoms with E-state index in [1.807, 2.05) is 0 Å². The van der Waals surface area contributed by atoms with E-state index < -0.39 is 23.7 Å². The van der Waals surface area contributed by atoms with Crippen molar-refractivity contribution in [3.63, 3.8) is 0 Å². The number of hydrogen-bond donors (Lipinski definition) is 0. The second kappa shape index (κ2) is 8.16. The van der Waals surface area contributed by atoms with Crippen LogP contribution in [0.2, 0.25) is 0 Å². The maximum absolute atomic E-state index is 12.3. The molecule has 0 unspecified atom stereocenters. The molecule has 0 aliphatic carbocycles. The molecule has 24 heavy (non-hydrogen) atoms. The molecule has 1 saturated heterocycles. The second-order valence-corrected chi connectivity index (χ2v) is 6.53. The van der Waals surface area contributed by atoms with E-state index in [9.17, 15) is 14.4 Å². The summed E-state index contributed by atoms with van der Waals surface area (Å²) in [5.74, 6) is -0.640. The number of carbonyl (C=O) groups is 3. The van der Waals surface area contributed by atoms with E-state index in [2.05, 4.69) is 27.2 Å². The molecule has 0 atom stereocenters. The lowest BCUT2D eigenvalue weighted by atomic mass is 10.2. The van der Waals surface area contributed by atoms with Crippen molar-refractivity contribution in [2.75, 3.05) is 20.3 Å². The summed E-state index contributed by atoms with van der Waals surface area (Å²) in [7, 11) is 1.20. The van der Waals surface area contributed by atoms with Gasteiger partial charge in [0.2, 0.25) is 0 Å². The molecule has 1 heterocycles. The lowest BCUT2D eigenvalue weighted by molar-refractivity contribution is -0.143. The third-order valence-electron chi connectivity index (χ3n) is 3.00. The number of halogens is 1. The molecule has 1 aliphatic rings. The summed E-state index contributed by atoms with van der Waals surface area (Å²) in [4.78, 5) is 36.6. The standard InChI is InChI=1S/C16H14BrNO5S/c1-3-6-23-12-5-4-11(17)7-10(12)8-13-15(20)18(16(21)24-13)9-14(19)22-2/h3-5,7-8H,1,6,9H2,2H3/b13-8+. The van der Waals surface area contributed by atoms with Crippen LogP contribution < -0.4 is 4.74 Å². The van der Waals surface area contributed by atoms with Crippen LogP contribution in [0.25, 0.3) is 6.08 Å². The van der Waals surface area contributed by atoms with Gasteiger partial charge < -0.3 is 9.47 Å². The fraction of sp³-hybridized carbons (Fsp3) is 0.188. The Morgan fingerprint density at radius 1 is 1.42 bits per heavy atom. The summed E-state index contributed by atoms with van der Waals surface area (Å²) in [5, 5.41) is -0.514. The lowest BCUT2D eigenvalue weighted by Gasteiger charge is -2.10. The SMILES string of the molecule is C=CCOc1ccc(Br)cc1/C=C1/SC(=O)N(CC(=O)OC)C1=O. The van der Waals surface area contributed by atoms with Crippen LogP contribution in [-0.4, -0.2) is 42.3 Å². The predicted molar refractivity (Wildman–Crippen MR) is 94.5 cm³/mol.